The van der Waals surface area contributed by atoms with E-state index in [1.54, 1.807) is 12.1 Å². The Morgan fingerprint density at radius 3 is 2.45 bits per heavy atom. The standard InChI is InChI=1S/C14H8ClNO6/c15-9-4-1-2-6-11(9)22-14(18)13-10(16(19)20)5-3-7-12(13)21-8-17/h1-8H. The van der Waals surface area contributed by atoms with E-state index in [1.165, 1.54) is 24.3 Å². The lowest BCUT2D eigenvalue weighted by Gasteiger charge is -2.09. The average Bonchev–Trinajstić information content (AvgIpc) is 2.49. The predicted molar refractivity (Wildman–Crippen MR) is 76.2 cm³/mol. The van der Waals surface area contributed by atoms with Gasteiger partial charge in [-0.2, -0.15) is 0 Å². The van der Waals surface area contributed by atoms with Crippen LogP contribution in [0.1, 0.15) is 10.4 Å². The molecule has 0 N–H and O–H groups in total. The molecule has 8 heteroatoms. The second-order valence-electron chi connectivity index (χ2n) is 3.94. The lowest BCUT2D eigenvalue weighted by atomic mass is 10.1. The predicted octanol–water partition coefficient (Wildman–Crippen LogP) is 3.00. The Hall–Kier alpha value is -2.93. The summed E-state index contributed by atoms with van der Waals surface area (Å²) in [6.07, 6.45) is 0. The number of ether oxygens (including phenoxy) is 2. The smallest absolute Gasteiger partial charge is 0.354 e. The molecule has 0 aliphatic heterocycles. The fraction of sp³-hybridized carbons (Fsp3) is 0. The van der Waals surface area contributed by atoms with E-state index in [2.05, 4.69) is 4.74 Å². The molecular formula is C14H8ClNO6. The van der Waals surface area contributed by atoms with Gasteiger partial charge < -0.3 is 9.47 Å². The maximum atomic E-state index is 12.2. The van der Waals surface area contributed by atoms with Crippen LogP contribution in [-0.4, -0.2) is 17.4 Å². The Kier molecular flexibility index (Phi) is 4.70. The van der Waals surface area contributed by atoms with Gasteiger partial charge in [0.2, 0.25) is 0 Å². The zero-order valence-electron chi connectivity index (χ0n) is 10.9. The van der Waals surface area contributed by atoms with Crippen LogP contribution in [0.15, 0.2) is 42.5 Å². The van der Waals surface area contributed by atoms with Crippen molar-refractivity contribution in [1.29, 1.82) is 0 Å². The van der Waals surface area contributed by atoms with Gasteiger partial charge in [0.05, 0.1) is 9.95 Å². The Bertz CT molecular complexity index is 746. The van der Waals surface area contributed by atoms with Crippen LogP contribution in [0, 0.1) is 10.1 Å². The highest BCUT2D eigenvalue weighted by molar-refractivity contribution is 6.32. The Labute approximate surface area is 129 Å². The molecule has 22 heavy (non-hydrogen) atoms. The molecule has 0 aliphatic rings. The van der Waals surface area contributed by atoms with Crippen LogP contribution < -0.4 is 9.47 Å². The van der Waals surface area contributed by atoms with Crippen molar-refractivity contribution in [2.45, 2.75) is 0 Å². The molecule has 0 saturated heterocycles. The number of rotatable bonds is 5. The van der Waals surface area contributed by atoms with Crippen molar-refractivity contribution in [3.05, 3.63) is 63.2 Å². The summed E-state index contributed by atoms with van der Waals surface area (Å²) in [5.41, 5.74) is -1.02. The molecule has 2 rings (SSSR count). The minimum Gasteiger partial charge on any atom is -0.428 e. The number of carbonyl (C=O) groups is 2. The number of benzene rings is 2. The summed E-state index contributed by atoms with van der Waals surface area (Å²) in [4.78, 5) is 32.9. The highest BCUT2D eigenvalue weighted by Crippen LogP contribution is 2.31. The zero-order valence-corrected chi connectivity index (χ0v) is 11.6. The fourth-order valence-corrected chi connectivity index (χ4v) is 1.88. The largest absolute Gasteiger partial charge is 0.428 e. The maximum Gasteiger partial charge on any atom is 0.354 e. The second kappa shape index (κ2) is 6.68. The third-order valence-corrected chi connectivity index (χ3v) is 2.93. The minimum atomic E-state index is -1.06. The first-order valence-electron chi connectivity index (χ1n) is 5.89. The van der Waals surface area contributed by atoms with Gasteiger partial charge >= 0.3 is 5.97 Å². The molecule has 7 nitrogen and oxygen atoms in total. The Morgan fingerprint density at radius 2 is 1.82 bits per heavy atom. The van der Waals surface area contributed by atoms with E-state index in [0.717, 1.165) is 6.07 Å². The average molecular weight is 322 g/mol. The number of esters is 1. The van der Waals surface area contributed by atoms with Crippen LogP contribution in [0.2, 0.25) is 5.02 Å². The molecule has 0 fully saturated rings. The first kappa shape index (κ1) is 15.5. The molecule has 0 spiro atoms. The summed E-state index contributed by atoms with van der Waals surface area (Å²) < 4.78 is 9.64. The van der Waals surface area contributed by atoms with Crippen LogP contribution >= 0.6 is 11.6 Å². The van der Waals surface area contributed by atoms with Crippen molar-refractivity contribution < 1.29 is 24.0 Å². The monoisotopic (exact) mass is 321 g/mol. The molecule has 0 aromatic heterocycles. The van der Waals surface area contributed by atoms with Gasteiger partial charge in [-0.15, -0.1) is 0 Å². The van der Waals surface area contributed by atoms with Gasteiger partial charge in [-0.05, 0) is 18.2 Å². The van der Waals surface area contributed by atoms with E-state index < -0.39 is 22.1 Å². The van der Waals surface area contributed by atoms with Crippen molar-refractivity contribution in [2.75, 3.05) is 0 Å². The summed E-state index contributed by atoms with van der Waals surface area (Å²) in [7, 11) is 0. The lowest BCUT2D eigenvalue weighted by Crippen LogP contribution is -2.13. The number of para-hydroxylation sites is 1. The van der Waals surface area contributed by atoms with Gasteiger partial charge in [0.25, 0.3) is 12.2 Å². The molecule has 0 amide bonds. The second-order valence-corrected chi connectivity index (χ2v) is 4.35. The van der Waals surface area contributed by atoms with Crippen molar-refractivity contribution in [3.63, 3.8) is 0 Å². The highest BCUT2D eigenvalue weighted by atomic mass is 35.5. The molecule has 0 radical (unpaired) electrons. The van der Waals surface area contributed by atoms with Crippen LogP contribution in [0.3, 0.4) is 0 Å². The highest BCUT2D eigenvalue weighted by Gasteiger charge is 2.27. The molecule has 0 unspecified atom stereocenters. The molecule has 2 aromatic carbocycles. The fourth-order valence-electron chi connectivity index (χ4n) is 1.71. The number of nitrogens with zero attached hydrogens (tertiary/aromatic N) is 1. The molecular weight excluding hydrogens is 314 g/mol. The van der Waals surface area contributed by atoms with Crippen LogP contribution in [0.25, 0.3) is 0 Å². The third kappa shape index (κ3) is 3.21. The van der Waals surface area contributed by atoms with E-state index in [9.17, 15) is 19.7 Å². The molecule has 0 heterocycles. The topological polar surface area (TPSA) is 95.7 Å². The molecule has 0 aliphatic carbocycles. The van der Waals surface area contributed by atoms with Gasteiger partial charge in [0.1, 0.15) is 5.75 Å². The quantitative estimate of drug-likeness (QED) is 0.276. The van der Waals surface area contributed by atoms with E-state index in [4.69, 9.17) is 16.3 Å². The lowest BCUT2D eigenvalue weighted by molar-refractivity contribution is -0.385. The molecule has 0 atom stereocenters. The van der Waals surface area contributed by atoms with Crippen molar-refractivity contribution in [3.8, 4) is 11.5 Å². The number of nitro benzene ring substituents is 1. The third-order valence-electron chi connectivity index (χ3n) is 2.62. The number of hydrogen-bond acceptors (Lipinski definition) is 6. The number of nitro groups is 1. The first-order valence-corrected chi connectivity index (χ1v) is 6.26. The van der Waals surface area contributed by atoms with Gasteiger partial charge in [0.15, 0.2) is 11.3 Å². The molecule has 2 aromatic rings. The molecule has 0 saturated carbocycles. The summed E-state index contributed by atoms with van der Waals surface area (Å²) in [6.45, 7) is 0.0608. The first-order chi connectivity index (χ1) is 10.5. The number of hydrogen-bond donors (Lipinski definition) is 0. The van der Waals surface area contributed by atoms with Gasteiger partial charge in [-0.3, -0.25) is 14.9 Å². The van der Waals surface area contributed by atoms with E-state index >= 15 is 0 Å². The van der Waals surface area contributed by atoms with Gasteiger partial charge in [0, 0.05) is 6.07 Å². The van der Waals surface area contributed by atoms with E-state index in [-0.39, 0.29) is 23.0 Å². The summed E-state index contributed by atoms with van der Waals surface area (Å²) in [5.74, 6) is -1.30. The van der Waals surface area contributed by atoms with Crippen molar-refractivity contribution in [1.82, 2.24) is 0 Å². The number of halogens is 1. The molecule has 0 bridgehead atoms. The van der Waals surface area contributed by atoms with Gasteiger partial charge in [-0.25, -0.2) is 4.79 Å². The van der Waals surface area contributed by atoms with Crippen LogP contribution in [0.5, 0.6) is 11.5 Å². The molecule has 112 valence electrons. The van der Waals surface area contributed by atoms with Crippen LogP contribution in [0.4, 0.5) is 5.69 Å². The SMILES string of the molecule is O=COc1cccc([N+](=O)[O-])c1C(=O)Oc1ccccc1Cl. The normalized spacial score (nSPS) is 9.86. The summed E-state index contributed by atoms with van der Waals surface area (Å²) in [6, 6.07) is 9.75. The van der Waals surface area contributed by atoms with Crippen LogP contribution in [-0.2, 0) is 4.79 Å². The zero-order chi connectivity index (χ0) is 16.1. The van der Waals surface area contributed by atoms with Gasteiger partial charge in [-0.1, -0.05) is 29.8 Å². The summed E-state index contributed by atoms with van der Waals surface area (Å²) in [5, 5.41) is 11.2. The number of carbonyl (C=O) groups excluding carboxylic acids is 2. The van der Waals surface area contributed by atoms with E-state index in [0.29, 0.717) is 0 Å². The summed E-state index contributed by atoms with van der Waals surface area (Å²) >= 11 is 5.86. The maximum absolute atomic E-state index is 12.2. The Balaban J connectivity index is 2.45. The Morgan fingerprint density at radius 1 is 1.14 bits per heavy atom. The van der Waals surface area contributed by atoms with Crippen molar-refractivity contribution in [2.24, 2.45) is 0 Å². The minimum absolute atomic E-state index is 0.0318. The van der Waals surface area contributed by atoms with E-state index in [1.807, 2.05) is 0 Å². The van der Waals surface area contributed by atoms with Crippen molar-refractivity contribution >= 4 is 29.7 Å².